The van der Waals surface area contributed by atoms with Crippen molar-refractivity contribution < 1.29 is 17.7 Å². The summed E-state index contributed by atoms with van der Waals surface area (Å²) >= 11 is 0. The van der Waals surface area contributed by atoms with Crippen LogP contribution in [0, 0.1) is 0 Å². The van der Waals surface area contributed by atoms with Crippen molar-refractivity contribution >= 4 is 40.0 Å². The number of aliphatic imine (C=N–C) groups is 1. The van der Waals surface area contributed by atoms with E-state index in [0.29, 0.717) is 51.6 Å². The number of aromatic nitrogens is 1. The molecule has 3 rings (SSSR count). The molecular formula is C21H32IN5O4S. The molecule has 1 saturated heterocycles. The van der Waals surface area contributed by atoms with Crippen molar-refractivity contribution in [3.63, 3.8) is 0 Å². The van der Waals surface area contributed by atoms with Crippen molar-refractivity contribution in [2.24, 2.45) is 4.99 Å². The molecule has 0 radical (unpaired) electrons. The number of rotatable bonds is 9. The van der Waals surface area contributed by atoms with Crippen LogP contribution >= 0.6 is 24.0 Å². The fraction of sp³-hybridized carbons (Fsp3) is 0.524. The lowest BCUT2D eigenvalue weighted by atomic mass is 10.1. The molecule has 11 heteroatoms. The Morgan fingerprint density at radius 2 is 1.88 bits per heavy atom. The van der Waals surface area contributed by atoms with Crippen molar-refractivity contribution in [2.75, 3.05) is 39.3 Å². The average molecular weight is 577 g/mol. The molecule has 0 bridgehead atoms. The number of nitrogens with zero attached hydrogens (tertiary/aromatic N) is 4. The molecule has 1 N–H and O–H groups in total. The molecule has 0 spiro atoms. The second-order valence-corrected chi connectivity index (χ2v) is 9.18. The van der Waals surface area contributed by atoms with Gasteiger partial charge in [0.15, 0.2) is 5.96 Å². The largest absolute Gasteiger partial charge is 0.377 e. The lowest BCUT2D eigenvalue weighted by molar-refractivity contribution is 0.133. The number of nitrogens with one attached hydrogen (secondary N) is 1. The fourth-order valence-electron chi connectivity index (χ4n) is 3.42. The van der Waals surface area contributed by atoms with Gasteiger partial charge >= 0.3 is 0 Å². The van der Waals surface area contributed by atoms with Gasteiger partial charge in [0, 0.05) is 45.4 Å². The van der Waals surface area contributed by atoms with Crippen LogP contribution in [0.25, 0.3) is 0 Å². The van der Waals surface area contributed by atoms with Gasteiger partial charge in [-0.2, -0.15) is 4.31 Å². The molecule has 2 aromatic rings. The summed E-state index contributed by atoms with van der Waals surface area (Å²) in [4.78, 5) is 6.92. The highest BCUT2D eigenvalue weighted by atomic mass is 127. The highest BCUT2D eigenvalue weighted by Gasteiger charge is 2.29. The zero-order valence-corrected chi connectivity index (χ0v) is 21.7. The van der Waals surface area contributed by atoms with Crippen molar-refractivity contribution in [1.29, 1.82) is 0 Å². The highest BCUT2D eigenvalue weighted by Crippen LogP contribution is 2.15. The standard InChI is InChI=1S/C21H31N5O4S.HI/c1-3-22-21(23-15-18-7-5-6-8-19(18)16-29-4-2)25-10-12-26(13-11-25)31(27,28)17-20-9-14-30-24-20;/h5-9,14H,3-4,10-13,15-17H2,1-2H3,(H,22,23);1H. The third-order valence-corrected chi connectivity index (χ3v) is 6.88. The minimum atomic E-state index is -3.43. The van der Waals surface area contributed by atoms with E-state index in [1.807, 2.05) is 26.0 Å². The highest BCUT2D eigenvalue weighted by molar-refractivity contribution is 14.0. The SMILES string of the molecule is CCNC(=NCc1ccccc1COCC)N1CCN(S(=O)(=O)Cc2ccon2)CC1.I. The Morgan fingerprint density at radius 3 is 2.50 bits per heavy atom. The Kier molecular flexibility index (Phi) is 10.9. The zero-order valence-electron chi connectivity index (χ0n) is 18.6. The van der Waals surface area contributed by atoms with E-state index < -0.39 is 10.0 Å². The van der Waals surface area contributed by atoms with Gasteiger partial charge in [0.2, 0.25) is 10.0 Å². The monoisotopic (exact) mass is 577 g/mol. The van der Waals surface area contributed by atoms with Gasteiger partial charge in [-0.1, -0.05) is 29.4 Å². The summed E-state index contributed by atoms with van der Waals surface area (Å²) in [5, 5.41) is 7.04. The topological polar surface area (TPSA) is 100 Å². The van der Waals surface area contributed by atoms with E-state index in [0.717, 1.165) is 23.6 Å². The maximum atomic E-state index is 12.7. The van der Waals surface area contributed by atoms with Gasteiger partial charge in [-0.05, 0) is 25.0 Å². The second-order valence-electron chi connectivity index (χ2n) is 7.21. The Balaban J connectivity index is 0.00000363. The molecule has 0 saturated carbocycles. The number of guanidine groups is 1. The molecule has 1 fully saturated rings. The zero-order chi connectivity index (χ0) is 22.1. The maximum absolute atomic E-state index is 12.7. The number of halogens is 1. The first-order valence-electron chi connectivity index (χ1n) is 10.6. The number of piperazine rings is 1. The number of hydrogen-bond donors (Lipinski definition) is 1. The number of sulfonamides is 1. The lowest BCUT2D eigenvalue weighted by Crippen LogP contribution is -2.53. The number of benzene rings is 1. The molecule has 0 unspecified atom stereocenters. The first-order chi connectivity index (χ1) is 15.0. The van der Waals surface area contributed by atoms with Gasteiger partial charge in [0.25, 0.3) is 0 Å². The molecule has 1 aliphatic rings. The molecule has 32 heavy (non-hydrogen) atoms. The van der Waals surface area contributed by atoms with Crippen LogP contribution in [0.4, 0.5) is 0 Å². The summed E-state index contributed by atoms with van der Waals surface area (Å²) in [7, 11) is -3.43. The smallest absolute Gasteiger partial charge is 0.220 e. The lowest BCUT2D eigenvalue weighted by Gasteiger charge is -2.35. The summed E-state index contributed by atoms with van der Waals surface area (Å²) < 4.78 is 37.1. The van der Waals surface area contributed by atoms with Gasteiger partial charge in [0.05, 0.1) is 18.8 Å². The summed E-state index contributed by atoms with van der Waals surface area (Å²) in [6, 6.07) is 9.71. The molecule has 0 atom stereocenters. The van der Waals surface area contributed by atoms with Gasteiger partial charge in [0.1, 0.15) is 12.0 Å². The predicted octanol–water partition coefficient (Wildman–Crippen LogP) is 2.44. The molecule has 1 aromatic carbocycles. The quantitative estimate of drug-likeness (QED) is 0.278. The maximum Gasteiger partial charge on any atom is 0.220 e. The number of hydrogen-bond acceptors (Lipinski definition) is 6. The Morgan fingerprint density at radius 1 is 1.16 bits per heavy atom. The molecule has 1 aromatic heterocycles. The van der Waals surface area contributed by atoms with E-state index in [-0.39, 0.29) is 29.7 Å². The van der Waals surface area contributed by atoms with Crippen LogP contribution in [0.3, 0.4) is 0 Å². The normalized spacial score (nSPS) is 15.4. The Labute approximate surface area is 207 Å². The first-order valence-corrected chi connectivity index (χ1v) is 12.2. The van der Waals surface area contributed by atoms with E-state index in [1.165, 1.54) is 10.6 Å². The third-order valence-electron chi connectivity index (χ3n) is 5.07. The van der Waals surface area contributed by atoms with Crippen LogP contribution in [0.5, 0.6) is 0 Å². The van der Waals surface area contributed by atoms with Crippen molar-refractivity contribution in [3.8, 4) is 0 Å². The van der Waals surface area contributed by atoms with Crippen LogP contribution in [0.2, 0.25) is 0 Å². The number of ether oxygens (including phenoxy) is 1. The van der Waals surface area contributed by atoms with Crippen molar-refractivity contribution in [2.45, 2.75) is 32.8 Å². The molecule has 9 nitrogen and oxygen atoms in total. The summed E-state index contributed by atoms with van der Waals surface area (Å²) in [6.45, 7) is 8.49. The predicted molar refractivity (Wildman–Crippen MR) is 134 cm³/mol. The van der Waals surface area contributed by atoms with Crippen LogP contribution in [-0.4, -0.2) is 68.1 Å². The Bertz CT molecular complexity index is 945. The molecule has 2 heterocycles. The second kappa shape index (κ2) is 13.1. The molecular weight excluding hydrogens is 545 g/mol. The van der Waals surface area contributed by atoms with E-state index in [1.54, 1.807) is 6.07 Å². The molecule has 0 amide bonds. The van der Waals surface area contributed by atoms with E-state index >= 15 is 0 Å². The molecule has 0 aliphatic carbocycles. The van der Waals surface area contributed by atoms with Crippen LogP contribution in [-0.2, 0) is 33.7 Å². The first kappa shape index (κ1) is 26.6. The molecule has 178 valence electrons. The Hall–Kier alpha value is -1.70. The van der Waals surface area contributed by atoms with Crippen molar-refractivity contribution in [1.82, 2.24) is 19.7 Å². The third kappa shape index (κ3) is 7.42. The summed E-state index contributed by atoms with van der Waals surface area (Å²) in [5.41, 5.74) is 2.68. The minimum absolute atomic E-state index is 0. The van der Waals surface area contributed by atoms with Gasteiger partial charge < -0.3 is 19.5 Å². The van der Waals surface area contributed by atoms with Gasteiger partial charge in [-0.15, -0.1) is 24.0 Å². The minimum Gasteiger partial charge on any atom is -0.377 e. The van der Waals surface area contributed by atoms with Crippen molar-refractivity contribution in [3.05, 3.63) is 53.4 Å². The van der Waals surface area contributed by atoms with Crippen LogP contribution < -0.4 is 5.32 Å². The van der Waals surface area contributed by atoms with Gasteiger partial charge in [-0.3, -0.25) is 0 Å². The van der Waals surface area contributed by atoms with E-state index in [2.05, 4.69) is 27.5 Å². The molecule has 1 aliphatic heterocycles. The van der Waals surface area contributed by atoms with E-state index in [9.17, 15) is 8.42 Å². The van der Waals surface area contributed by atoms with Gasteiger partial charge in [-0.25, -0.2) is 13.4 Å². The average Bonchev–Trinajstić information content (AvgIpc) is 3.28. The van der Waals surface area contributed by atoms with Crippen LogP contribution in [0.1, 0.15) is 30.7 Å². The fourth-order valence-corrected chi connectivity index (χ4v) is 4.84. The van der Waals surface area contributed by atoms with E-state index in [4.69, 9.17) is 14.3 Å². The van der Waals surface area contributed by atoms with Crippen LogP contribution in [0.15, 0.2) is 46.1 Å². The summed E-state index contributed by atoms with van der Waals surface area (Å²) in [5.74, 6) is 0.649. The summed E-state index contributed by atoms with van der Waals surface area (Å²) in [6.07, 6.45) is 1.38.